The van der Waals surface area contributed by atoms with E-state index in [4.69, 9.17) is 5.11 Å². The minimum absolute atomic E-state index is 0.224. The molecular weight excluding hydrogens is 286 g/mol. The molecule has 2 aromatic rings. The van der Waals surface area contributed by atoms with E-state index in [0.717, 1.165) is 10.4 Å². The Kier molecular flexibility index (Phi) is 4.11. The summed E-state index contributed by atoms with van der Waals surface area (Å²) in [6, 6.07) is 1.68. The number of aromatic amines is 1. The van der Waals surface area contributed by atoms with Crippen LogP contribution in [-0.2, 0) is 12.3 Å². The maximum Gasteiger partial charge on any atom is 0.345 e. The highest BCUT2D eigenvalue weighted by Gasteiger charge is 2.13. The quantitative estimate of drug-likeness (QED) is 0.824. The van der Waals surface area contributed by atoms with Gasteiger partial charge < -0.3 is 5.11 Å². The van der Waals surface area contributed by atoms with Gasteiger partial charge in [0.15, 0.2) is 5.16 Å². The van der Waals surface area contributed by atoms with Crippen molar-refractivity contribution < 1.29 is 9.90 Å². The van der Waals surface area contributed by atoms with Gasteiger partial charge in [-0.25, -0.2) is 14.7 Å². The lowest BCUT2D eigenvalue weighted by Gasteiger charge is -2.01. The van der Waals surface area contributed by atoms with E-state index < -0.39 is 5.97 Å². The average Bonchev–Trinajstić information content (AvgIpc) is 2.90. The number of carbonyl (C=O) groups is 1. The number of nitrogens with one attached hydrogen (secondary N) is 1. The Morgan fingerprint density at radius 3 is 2.95 bits per heavy atom. The number of rotatable bonds is 5. The molecule has 6 nitrogen and oxygen atoms in total. The van der Waals surface area contributed by atoms with Gasteiger partial charge in [-0.2, -0.15) is 0 Å². The first-order valence-corrected chi connectivity index (χ1v) is 7.43. The van der Waals surface area contributed by atoms with Crippen LogP contribution in [0.4, 0.5) is 0 Å². The van der Waals surface area contributed by atoms with E-state index in [-0.39, 0.29) is 5.69 Å². The molecular formula is C11H13N3O3S2. The third kappa shape index (κ3) is 2.90. The summed E-state index contributed by atoms with van der Waals surface area (Å²) in [5.41, 5.74) is 0.740. The first-order valence-electron chi connectivity index (χ1n) is 5.63. The van der Waals surface area contributed by atoms with Gasteiger partial charge in [-0.05, 0) is 25.5 Å². The number of H-pyrrole nitrogens is 1. The van der Waals surface area contributed by atoms with E-state index in [2.05, 4.69) is 10.2 Å². The fraction of sp³-hybridized carbons (Fsp3) is 0.364. The van der Waals surface area contributed by atoms with Crippen molar-refractivity contribution in [3.8, 4) is 0 Å². The molecule has 2 rings (SSSR count). The minimum Gasteiger partial charge on any atom is -0.477 e. The van der Waals surface area contributed by atoms with Crippen LogP contribution in [0.15, 0.2) is 16.0 Å². The summed E-state index contributed by atoms with van der Waals surface area (Å²) < 4.78 is 1.55. The number of hydrogen-bond donors (Lipinski definition) is 2. The molecule has 8 heteroatoms. The van der Waals surface area contributed by atoms with Crippen molar-refractivity contribution in [2.24, 2.45) is 0 Å². The van der Waals surface area contributed by atoms with Crippen LogP contribution in [0.25, 0.3) is 0 Å². The SMILES string of the molecule is CCn1c(SCc2cc(C(=O)O)sc2C)n[nH]c1=O. The van der Waals surface area contributed by atoms with Crippen molar-refractivity contribution in [2.45, 2.75) is 31.3 Å². The Morgan fingerprint density at radius 1 is 1.63 bits per heavy atom. The van der Waals surface area contributed by atoms with Gasteiger partial charge in [0.2, 0.25) is 0 Å². The predicted molar refractivity (Wildman–Crippen MR) is 74.1 cm³/mol. The number of carboxylic acids is 1. The van der Waals surface area contributed by atoms with E-state index in [1.807, 2.05) is 13.8 Å². The molecule has 0 aliphatic heterocycles. The summed E-state index contributed by atoms with van der Waals surface area (Å²) in [7, 11) is 0. The van der Waals surface area contributed by atoms with Crippen LogP contribution in [0, 0.1) is 6.92 Å². The number of aryl methyl sites for hydroxylation is 1. The van der Waals surface area contributed by atoms with Crippen LogP contribution in [-0.4, -0.2) is 25.8 Å². The lowest BCUT2D eigenvalue weighted by Crippen LogP contribution is -2.16. The summed E-state index contributed by atoms with van der Waals surface area (Å²) in [4.78, 5) is 23.6. The largest absolute Gasteiger partial charge is 0.477 e. The topological polar surface area (TPSA) is 88.0 Å². The van der Waals surface area contributed by atoms with Gasteiger partial charge in [-0.15, -0.1) is 16.4 Å². The van der Waals surface area contributed by atoms with E-state index in [0.29, 0.717) is 22.3 Å². The monoisotopic (exact) mass is 299 g/mol. The predicted octanol–water partition coefficient (Wildman–Crippen LogP) is 1.95. The summed E-state index contributed by atoms with van der Waals surface area (Å²) in [6.45, 7) is 4.32. The average molecular weight is 299 g/mol. The van der Waals surface area contributed by atoms with Gasteiger partial charge in [-0.1, -0.05) is 11.8 Å². The standard InChI is InChI=1S/C11H13N3O3S2/c1-3-14-10(17)12-13-11(14)18-5-7-4-8(9(15)16)19-6(7)2/h4H,3,5H2,1-2H3,(H,12,17)(H,15,16). The summed E-state index contributed by atoms with van der Waals surface area (Å²) in [6.07, 6.45) is 0. The van der Waals surface area contributed by atoms with Crippen molar-refractivity contribution >= 4 is 29.1 Å². The second-order valence-electron chi connectivity index (χ2n) is 3.84. The van der Waals surface area contributed by atoms with Gasteiger partial charge in [0.05, 0.1) is 0 Å². The van der Waals surface area contributed by atoms with E-state index in [9.17, 15) is 9.59 Å². The third-order valence-electron chi connectivity index (χ3n) is 2.63. The maximum atomic E-state index is 11.4. The van der Waals surface area contributed by atoms with E-state index in [1.54, 1.807) is 10.6 Å². The van der Waals surface area contributed by atoms with Gasteiger partial charge in [-0.3, -0.25) is 4.57 Å². The smallest absolute Gasteiger partial charge is 0.345 e. The molecule has 0 amide bonds. The third-order valence-corrected chi connectivity index (χ3v) is 4.73. The Balaban J connectivity index is 2.14. The molecule has 0 atom stereocenters. The lowest BCUT2D eigenvalue weighted by molar-refractivity contribution is 0.0702. The van der Waals surface area contributed by atoms with Crippen molar-refractivity contribution in [1.82, 2.24) is 14.8 Å². The van der Waals surface area contributed by atoms with Crippen molar-refractivity contribution in [1.29, 1.82) is 0 Å². The molecule has 0 bridgehead atoms. The Morgan fingerprint density at radius 2 is 2.37 bits per heavy atom. The molecule has 2 N–H and O–H groups in total. The molecule has 0 fully saturated rings. The van der Waals surface area contributed by atoms with Gasteiger partial charge >= 0.3 is 11.7 Å². The first-order chi connectivity index (χ1) is 9.02. The van der Waals surface area contributed by atoms with Crippen LogP contribution in [0.2, 0.25) is 0 Å². The lowest BCUT2D eigenvalue weighted by atomic mass is 10.3. The highest BCUT2D eigenvalue weighted by molar-refractivity contribution is 7.98. The molecule has 2 aromatic heterocycles. The molecule has 0 aliphatic rings. The Bertz CT molecular complexity index is 656. The van der Waals surface area contributed by atoms with Crippen LogP contribution in [0.5, 0.6) is 0 Å². The molecule has 0 saturated carbocycles. The van der Waals surface area contributed by atoms with E-state index in [1.165, 1.54) is 23.1 Å². The maximum absolute atomic E-state index is 11.4. The molecule has 0 aromatic carbocycles. The normalized spacial score (nSPS) is 10.8. The number of thioether (sulfide) groups is 1. The van der Waals surface area contributed by atoms with Gasteiger partial charge in [0.1, 0.15) is 4.88 Å². The fourth-order valence-electron chi connectivity index (χ4n) is 1.60. The molecule has 0 radical (unpaired) electrons. The molecule has 0 saturated heterocycles. The molecule has 19 heavy (non-hydrogen) atoms. The van der Waals surface area contributed by atoms with E-state index >= 15 is 0 Å². The molecule has 102 valence electrons. The second-order valence-corrected chi connectivity index (χ2v) is 6.04. The zero-order chi connectivity index (χ0) is 14.0. The highest BCUT2D eigenvalue weighted by atomic mass is 32.2. The molecule has 2 heterocycles. The first kappa shape index (κ1) is 13.9. The zero-order valence-corrected chi connectivity index (χ0v) is 12.1. The van der Waals surface area contributed by atoms with Crippen molar-refractivity contribution in [3.63, 3.8) is 0 Å². The summed E-state index contributed by atoms with van der Waals surface area (Å²) >= 11 is 2.68. The van der Waals surface area contributed by atoms with Crippen LogP contribution >= 0.6 is 23.1 Å². The van der Waals surface area contributed by atoms with Crippen LogP contribution in [0.1, 0.15) is 27.0 Å². The summed E-state index contributed by atoms with van der Waals surface area (Å²) in [5, 5.41) is 15.9. The number of carboxylic acid groups (broad SMARTS) is 1. The number of thiophene rings is 1. The summed E-state index contributed by atoms with van der Waals surface area (Å²) in [5.74, 6) is -0.311. The fourth-order valence-corrected chi connectivity index (χ4v) is 3.64. The molecule has 0 spiro atoms. The van der Waals surface area contributed by atoms with Gasteiger partial charge in [0, 0.05) is 17.2 Å². The zero-order valence-electron chi connectivity index (χ0n) is 10.5. The Hall–Kier alpha value is -1.54. The Labute approximate surface area is 117 Å². The minimum atomic E-state index is -0.908. The second kappa shape index (κ2) is 5.62. The number of hydrogen-bond acceptors (Lipinski definition) is 5. The van der Waals surface area contributed by atoms with Crippen molar-refractivity contribution in [3.05, 3.63) is 31.9 Å². The van der Waals surface area contributed by atoms with Crippen molar-refractivity contribution in [2.75, 3.05) is 0 Å². The molecule has 0 unspecified atom stereocenters. The van der Waals surface area contributed by atoms with Gasteiger partial charge in [0.25, 0.3) is 0 Å². The highest BCUT2D eigenvalue weighted by Crippen LogP contribution is 2.27. The number of aromatic nitrogens is 3. The number of aromatic carboxylic acids is 1. The number of nitrogens with zero attached hydrogens (tertiary/aromatic N) is 2. The van der Waals surface area contributed by atoms with Crippen LogP contribution in [0.3, 0.4) is 0 Å². The molecule has 0 aliphatic carbocycles. The van der Waals surface area contributed by atoms with Crippen LogP contribution < -0.4 is 5.69 Å².